The number of nitrogens with one attached hydrogen (secondary N) is 1. The Bertz CT molecular complexity index is 3490. The van der Waals surface area contributed by atoms with Gasteiger partial charge in [-0.25, -0.2) is 9.98 Å². The SMILES string of the molecule is c1ccc(C2=NC(c3ccc(-c4cccc5oc6ccc(-c7ccc8c(ccc9ccccc98)c7)cc6c45)cc3)=NC(c3ccc4c(c3)sc3ccccc34)N2)cc1. The van der Waals surface area contributed by atoms with E-state index in [0.29, 0.717) is 5.84 Å². The summed E-state index contributed by atoms with van der Waals surface area (Å²) < 4.78 is 9.00. The summed E-state index contributed by atoms with van der Waals surface area (Å²) in [5, 5.41) is 13.5. The minimum atomic E-state index is -0.292. The summed E-state index contributed by atoms with van der Waals surface area (Å²) in [5.41, 5.74) is 9.41. The van der Waals surface area contributed by atoms with Crippen LogP contribution in [0.25, 0.3) is 85.9 Å². The number of fused-ring (bicyclic) bond motifs is 9. The van der Waals surface area contributed by atoms with E-state index in [9.17, 15) is 0 Å². The molecule has 1 aliphatic heterocycles. The minimum absolute atomic E-state index is 0.292. The lowest BCUT2D eigenvalue weighted by molar-refractivity contribution is 0.669. The zero-order valence-corrected chi connectivity index (χ0v) is 32.0. The van der Waals surface area contributed by atoms with Gasteiger partial charge >= 0.3 is 0 Å². The fourth-order valence-corrected chi connectivity index (χ4v) is 9.80. The van der Waals surface area contributed by atoms with Gasteiger partial charge in [-0.05, 0) is 85.8 Å². The molecule has 0 aliphatic carbocycles. The van der Waals surface area contributed by atoms with Gasteiger partial charge in [0.15, 0.2) is 5.84 Å². The van der Waals surface area contributed by atoms with Crippen LogP contribution in [0, 0.1) is 0 Å². The van der Waals surface area contributed by atoms with Gasteiger partial charge in [-0.3, -0.25) is 0 Å². The van der Waals surface area contributed by atoms with Gasteiger partial charge < -0.3 is 9.73 Å². The highest BCUT2D eigenvalue weighted by Crippen LogP contribution is 2.40. The third-order valence-electron chi connectivity index (χ3n) is 11.5. The Labute approximate surface area is 338 Å². The summed E-state index contributed by atoms with van der Waals surface area (Å²) in [4.78, 5) is 10.3. The summed E-state index contributed by atoms with van der Waals surface area (Å²) in [6.45, 7) is 0. The molecule has 4 nitrogen and oxygen atoms in total. The van der Waals surface area contributed by atoms with Crippen LogP contribution in [0.5, 0.6) is 0 Å². The number of nitrogens with zero attached hydrogens (tertiary/aromatic N) is 2. The van der Waals surface area contributed by atoms with E-state index < -0.39 is 0 Å². The van der Waals surface area contributed by atoms with E-state index in [0.717, 1.165) is 61.2 Å². The average Bonchev–Trinajstić information content (AvgIpc) is 3.87. The van der Waals surface area contributed by atoms with E-state index in [2.05, 4.69) is 175 Å². The zero-order valence-electron chi connectivity index (χ0n) is 31.2. The standard InChI is InChI=1S/C53H33N3OS/c1-2-10-34(11-3-1)51-54-52(56-53(55-51)39-24-27-44-43-13-6-7-16-48(43)58-49(44)31-39)35-20-17-33(18-21-35)42-14-8-15-47-50(42)45-30-37(25-28-46(45)57-47)36-23-26-41-38(29-36)22-19-32-9-4-5-12-40(32)41/h1-31,53H,(H,54,55,56). The Morgan fingerprint density at radius 3 is 2.07 bits per heavy atom. The maximum Gasteiger partial charge on any atom is 0.159 e. The molecule has 3 heterocycles. The summed E-state index contributed by atoms with van der Waals surface area (Å²) in [7, 11) is 0. The lowest BCUT2D eigenvalue weighted by Gasteiger charge is -2.24. The minimum Gasteiger partial charge on any atom is -0.456 e. The normalized spacial score (nSPS) is 14.4. The molecule has 58 heavy (non-hydrogen) atoms. The van der Waals surface area contributed by atoms with Gasteiger partial charge in [-0.15, -0.1) is 11.3 Å². The first kappa shape index (κ1) is 32.9. The second-order valence-electron chi connectivity index (χ2n) is 15.0. The van der Waals surface area contributed by atoms with Crippen LogP contribution in [0.15, 0.2) is 202 Å². The molecule has 9 aromatic carbocycles. The summed E-state index contributed by atoms with van der Waals surface area (Å²) in [5.74, 6) is 1.51. The summed E-state index contributed by atoms with van der Waals surface area (Å²) >= 11 is 1.82. The van der Waals surface area contributed by atoms with Crippen molar-refractivity contribution in [2.24, 2.45) is 9.98 Å². The molecule has 1 atom stereocenters. The molecule has 0 spiro atoms. The summed E-state index contributed by atoms with van der Waals surface area (Å²) in [6.07, 6.45) is -0.292. The smallest absolute Gasteiger partial charge is 0.159 e. The number of hydrogen-bond donors (Lipinski definition) is 1. The second-order valence-corrected chi connectivity index (χ2v) is 16.1. The van der Waals surface area contributed by atoms with Gasteiger partial charge in [-0.1, -0.05) is 152 Å². The lowest BCUT2D eigenvalue weighted by atomic mass is 9.95. The van der Waals surface area contributed by atoms with Gasteiger partial charge in [0, 0.05) is 42.1 Å². The zero-order chi connectivity index (χ0) is 38.2. The number of aliphatic imine (C=N–C) groups is 2. The number of rotatable bonds is 5. The molecule has 272 valence electrons. The second kappa shape index (κ2) is 13.1. The third-order valence-corrected chi connectivity index (χ3v) is 12.7. The highest BCUT2D eigenvalue weighted by Gasteiger charge is 2.22. The molecule has 2 aromatic heterocycles. The molecule has 1 unspecified atom stereocenters. The van der Waals surface area contributed by atoms with E-state index in [4.69, 9.17) is 14.4 Å². The van der Waals surface area contributed by atoms with E-state index >= 15 is 0 Å². The van der Waals surface area contributed by atoms with Gasteiger partial charge in [0.05, 0.1) is 0 Å². The van der Waals surface area contributed by atoms with Crippen molar-refractivity contribution in [2.45, 2.75) is 6.17 Å². The van der Waals surface area contributed by atoms with Crippen molar-refractivity contribution >= 4 is 86.7 Å². The fourth-order valence-electron chi connectivity index (χ4n) is 8.64. The van der Waals surface area contributed by atoms with E-state index in [1.807, 2.05) is 29.5 Å². The van der Waals surface area contributed by atoms with Crippen molar-refractivity contribution in [3.8, 4) is 22.3 Å². The maximum atomic E-state index is 6.45. The molecule has 11 aromatic rings. The lowest BCUT2D eigenvalue weighted by Crippen LogP contribution is -2.33. The molecule has 1 N–H and O–H groups in total. The van der Waals surface area contributed by atoms with Gasteiger partial charge in [0.1, 0.15) is 23.2 Å². The molecule has 0 amide bonds. The Morgan fingerprint density at radius 1 is 0.448 bits per heavy atom. The Balaban J connectivity index is 0.922. The topological polar surface area (TPSA) is 49.9 Å². The number of benzene rings is 9. The molecule has 0 radical (unpaired) electrons. The number of thiophene rings is 1. The third kappa shape index (κ3) is 5.43. The largest absolute Gasteiger partial charge is 0.456 e. The highest BCUT2D eigenvalue weighted by atomic mass is 32.1. The average molecular weight is 760 g/mol. The van der Waals surface area contributed by atoms with Gasteiger partial charge in [0.2, 0.25) is 0 Å². The van der Waals surface area contributed by atoms with E-state index in [1.165, 1.54) is 47.3 Å². The molecular weight excluding hydrogens is 727 g/mol. The van der Waals surface area contributed by atoms with E-state index in [1.54, 1.807) is 0 Å². The van der Waals surface area contributed by atoms with E-state index in [-0.39, 0.29) is 6.17 Å². The molecule has 0 saturated heterocycles. The van der Waals surface area contributed by atoms with Crippen molar-refractivity contribution in [2.75, 3.05) is 0 Å². The fraction of sp³-hybridized carbons (Fsp3) is 0.0189. The molecule has 0 bridgehead atoms. The predicted octanol–water partition coefficient (Wildman–Crippen LogP) is 14.1. The first-order valence-electron chi connectivity index (χ1n) is 19.6. The van der Waals surface area contributed by atoms with Crippen molar-refractivity contribution < 1.29 is 4.42 Å². The van der Waals surface area contributed by atoms with Crippen LogP contribution < -0.4 is 5.32 Å². The molecule has 1 aliphatic rings. The van der Waals surface area contributed by atoms with Crippen LogP contribution in [0.2, 0.25) is 0 Å². The first-order chi connectivity index (χ1) is 28.7. The quantitative estimate of drug-likeness (QED) is 0.178. The highest BCUT2D eigenvalue weighted by molar-refractivity contribution is 7.25. The Morgan fingerprint density at radius 2 is 1.16 bits per heavy atom. The van der Waals surface area contributed by atoms with Crippen LogP contribution in [0.3, 0.4) is 0 Å². The first-order valence-corrected chi connectivity index (χ1v) is 20.4. The summed E-state index contributed by atoms with van der Waals surface area (Å²) in [6, 6.07) is 67.0. The molecule has 12 rings (SSSR count). The van der Waals surface area contributed by atoms with Crippen LogP contribution >= 0.6 is 11.3 Å². The van der Waals surface area contributed by atoms with Crippen LogP contribution in [-0.4, -0.2) is 11.7 Å². The number of hydrogen-bond acceptors (Lipinski definition) is 5. The van der Waals surface area contributed by atoms with Crippen molar-refractivity contribution in [3.05, 3.63) is 205 Å². The molecular formula is C53H33N3OS. The number of furan rings is 1. The predicted molar refractivity (Wildman–Crippen MR) is 244 cm³/mol. The van der Waals surface area contributed by atoms with Crippen molar-refractivity contribution in [1.29, 1.82) is 0 Å². The van der Waals surface area contributed by atoms with Crippen LogP contribution in [0.4, 0.5) is 0 Å². The van der Waals surface area contributed by atoms with Crippen molar-refractivity contribution in [1.82, 2.24) is 5.32 Å². The van der Waals surface area contributed by atoms with Crippen molar-refractivity contribution in [3.63, 3.8) is 0 Å². The van der Waals surface area contributed by atoms with Gasteiger partial charge in [0.25, 0.3) is 0 Å². The monoisotopic (exact) mass is 759 g/mol. The molecule has 5 heteroatoms. The Hall–Kier alpha value is -7.34. The number of amidine groups is 2. The maximum absolute atomic E-state index is 6.45. The van der Waals surface area contributed by atoms with Crippen LogP contribution in [0.1, 0.15) is 22.9 Å². The molecule has 0 fully saturated rings. The van der Waals surface area contributed by atoms with Gasteiger partial charge in [-0.2, -0.15) is 0 Å². The Kier molecular flexibility index (Phi) is 7.43. The molecule has 0 saturated carbocycles. The van der Waals surface area contributed by atoms with Crippen LogP contribution in [-0.2, 0) is 0 Å².